The van der Waals surface area contributed by atoms with Crippen LogP contribution >= 0.6 is 11.6 Å². The number of methoxy groups -OCH3 is 1. The van der Waals surface area contributed by atoms with Crippen LogP contribution in [0.15, 0.2) is 30.4 Å². The number of hydrogen-bond acceptors (Lipinski definition) is 5. The number of fused-ring (bicyclic) bond motifs is 1. The van der Waals surface area contributed by atoms with Gasteiger partial charge < -0.3 is 25.0 Å². The van der Waals surface area contributed by atoms with E-state index in [0.29, 0.717) is 37.1 Å². The van der Waals surface area contributed by atoms with Crippen molar-refractivity contribution in [2.45, 2.75) is 63.3 Å². The number of halogens is 2. The van der Waals surface area contributed by atoms with Crippen LogP contribution in [0.3, 0.4) is 0 Å². The standard InChI is InChI=1S/C28H35ClFN3O5/c1-15-6-4-7-20(16(15)2)32-26(35)24-28-11-10-21(38-28)22(23(28)27(36)33(24)12-5-13-37-3)25(34)31-17-8-9-19(30)18(29)14-17/h8-11,14-16,20-24H,4-7,12-13H2,1-3H3,(H,31,34)(H,32,35)/t15-,16-,20+,21+,22+,23+,24-,28-/m0/s1. The predicted octanol–water partition coefficient (Wildman–Crippen LogP) is 3.55. The molecule has 8 atom stereocenters. The molecule has 1 spiro atoms. The summed E-state index contributed by atoms with van der Waals surface area (Å²) in [7, 11) is 1.59. The van der Waals surface area contributed by atoms with Gasteiger partial charge >= 0.3 is 0 Å². The first-order valence-corrected chi connectivity index (χ1v) is 13.8. The molecule has 0 radical (unpaired) electrons. The molecule has 0 aromatic heterocycles. The van der Waals surface area contributed by atoms with E-state index >= 15 is 0 Å². The lowest BCUT2D eigenvalue weighted by atomic mass is 9.73. The van der Waals surface area contributed by atoms with Crippen LogP contribution in [0.5, 0.6) is 0 Å². The molecule has 1 saturated carbocycles. The first kappa shape index (κ1) is 27.1. The number of likely N-dealkylation sites (tertiary alicyclic amines) is 1. The Bertz CT molecular complexity index is 1150. The van der Waals surface area contributed by atoms with Crippen LogP contribution in [0.4, 0.5) is 10.1 Å². The molecule has 3 amide bonds. The normalized spacial score (nSPS) is 35.4. The maximum Gasteiger partial charge on any atom is 0.246 e. The summed E-state index contributed by atoms with van der Waals surface area (Å²) in [5.74, 6) is -2.44. The van der Waals surface area contributed by atoms with E-state index in [-0.39, 0.29) is 22.9 Å². The Morgan fingerprint density at radius 2 is 2.05 bits per heavy atom. The van der Waals surface area contributed by atoms with Crippen molar-refractivity contribution >= 4 is 35.0 Å². The van der Waals surface area contributed by atoms with Gasteiger partial charge in [0, 0.05) is 32.0 Å². The van der Waals surface area contributed by atoms with E-state index < -0.39 is 41.3 Å². The summed E-state index contributed by atoms with van der Waals surface area (Å²) in [4.78, 5) is 42.9. The van der Waals surface area contributed by atoms with Gasteiger partial charge in [0.05, 0.1) is 23.0 Å². The maximum absolute atomic E-state index is 13.9. The molecule has 2 saturated heterocycles. The molecular formula is C28H35ClFN3O5. The van der Waals surface area contributed by atoms with Crippen LogP contribution in [0, 0.1) is 29.5 Å². The molecule has 8 nitrogen and oxygen atoms in total. The first-order valence-electron chi connectivity index (χ1n) is 13.4. The third-order valence-corrected chi connectivity index (χ3v) is 9.18. The van der Waals surface area contributed by atoms with E-state index in [0.717, 1.165) is 19.3 Å². The zero-order chi connectivity index (χ0) is 27.2. The summed E-state index contributed by atoms with van der Waals surface area (Å²) in [6.07, 6.45) is 6.53. The maximum atomic E-state index is 13.9. The van der Waals surface area contributed by atoms with Gasteiger partial charge in [-0.1, -0.05) is 50.4 Å². The molecule has 1 aliphatic carbocycles. The van der Waals surface area contributed by atoms with Gasteiger partial charge in [-0.2, -0.15) is 0 Å². The van der Waals surface area contributed by atoms with Gasteiger partial charge in [-0.05, 0) is 42.9 Å². The highest BCUT2D eigenvalue weighted by molar-refractivity contribution is 6.31. The largest absolute Gasteiger partial charge is 0.385 e. The smallest absolute Gasteiger partial charge is 0.246 e. The van der Waals surface area contributed by atoms with Crippen molar-refractivity contribution in [3.63, 3.8) is 0 Å². The minimum absolute atomic E-state index is 0.0162. The van der Waals surface area contributed by atoms with Gasteiger partial charge in [-0.3, -0.25) is 14.4 Å². The number of rotatable bonds is 8. The Labute approximate surface area is 227 Å². The Balaban J connectivity index is 1.42. The molecule has 38 heavy (non-hydrogen) atoms. The minimum atomic E-state index is -1.23. The van der Waals surface area contributed by atoms with Crippen LogP contribution in [0.1, 0.15) is 39.5 Å². The molecule has 3 heterocycles. The second kappa shape index (κ2) is 10.6. The van der Waals surface area contributed by atoms with Gasteiger partial charge in [-0.15, -0.1) is 0 Å². The van der Waals surface area contributed by atoms with Gasteiger partial charge in [0.25, 0.3) is 0 Å². The Hall–Kier alpha value is -2.49. The lowest BCUT2D eigenvalue weighted by Crippen LogP contribution is -2.58. The highest BCUT2D eigenvalue weighted by Crippen LogP contribution is 2.55. The van der Waals surface area contributed by atoms with Crippen LogP contribution in [-0.4, -0.2) is 66.7 Å². The van der Waals surface area contributed by atoms with Crippen molar-refractivity contribution in [3.05, 3.63) is 41.2 Å². The van der Waals surface area contributed by atoms with Crippen molar-refractivity contribution in [2.75, 3.05) is 25.6 Å². The van der Waals surface area contributed by atoms with Gasteiger partial charge in [-0.25, -0.2) is 4.39 Å². The number of nitrogens with one attached hydrogen (secondary N) is 2. The number of carbonyl (C=O) groups is 3. The van der Waals surface area contributed by atoms with E-state index in [4.69, 9.17) is 21.1 Å². The van der Waals surface area contributed by atoms with E-state index in [1.165, 1.54) is 18.2 Å². The fourth-order valence-electron chi connectivity index (χ4n) is 6.73. The van der Waals surface area contributed by atoms with Crippen molar-refractivity contribution < 1.29 is 28.2 Å². The molecule has 3 aliphatic heterocycles. The van der Waals surface area contributed by atoms with E-state index in [9.17, 15) is 18.8 Å². The Morgan fingerprint density at radius 1 is 1.26 bits per heavy atom. The zero-order valence-electron chi connectivity index (χ0n) is 21.9. The number of ether oxygens (including phenoxy) is 2. The SMILES string of the molecule is COCCCN1C(=O)[C@H]2[C@H](C(=O)Nc3ccc(F)c(Cl)c3)[C@H]3C=C[C@@]2(O3)[C@@H]1C(=O)N[C@@H]1CCC[C@H](C)[C@@H]1C. The highest BCUT2D eigenvalue weighted by atomic mass is 35.5. The van der Waals surface area contributed by atoms with E-state index in [2.05, 4.69) is 24.5 Å². The summed E-state index contributed by atoms with van der Waals surface area (Å²) < 4.78 is 25.2. The van der Waals surface area contributed by atoms with E-state index in [1.807, 2.05) is 0 Å². The molecule has 10 heteroatoms. The quantitative estimate of drug-likeness (QED) is 0.383. The summed E-state index contributed by atoms with van der Waals surface area (Å²) in [6.45, 7) is 5.10. The second-order valence-corrected chi connectivity index (χ2v) is 11.5. The van der Waals surface area contributed by atoms with Crippen LogP contribution in [0.2, 0.25) is 5.02 Å². The van der Waals surface area contributed by atoms with E-state index in [1.54, 1.807) is 24.2 Å². The molecule has 5 rings (SSSR count). The van der Waals surface area contributed by atoms with Crippen LogP contribution in [-0.2, 0) is 23.9 Å². The number of carbonyl (C=O) groups excluding carboxylic acids is 3. The summed E-state index contributed by atoms with van der Waals surface area (Å²) in [5.41, 5.74) is -0.912. The van der Waals surface area contributed by atoms with Crippen molar-refractivity contribution in [2.24, 2.45) is 23.7 Å². The number of anilines is 1. The fraction of sp³-hybridized carbons (Fsp3) is 0.607. The summed E-state index contributed by atoms with van der Waals surface area (Å²) in [6, 6.07) is 3.03. The lowest BCUT2D eigenvalue weighted by molar-refractivity contribution is -0.141. The Morgan fingerprint density at radius 3 is 2.79 bits per heavy atom. The average Bonchev–Trinajstić information content (AvgIpc) is 3.52. The number of amides is 3. The number of hydrogen-bond donors (Lipinski definition) is 2. The van der Waals surface area contributed by atoms with Gasteiger partial charge in [0.1, 0.15) is 17.5 Å². The molecule has 4 aliphatic rings. The number of benzene rings is 1. The topological polar surface area (TPSA) is 97.0 Å². The molecule has 2 bridgehead atoms. The highest BCUT2D eigenvalue weighted by Gasteiger charge is 2.72. The molecule has 0 unspecified atom stereocenters. The van der Waals surface area contributed by atoms with Crippen molar-refractivity contribution in [3.8, 4) is 0 Å². The third-order valence-electron chi connectivity index (χ3n) is 8.89. The first-order chi connectivity index (χ1) is 18.2. The predicted molar refractivity (Wildman–Crippen MR) is 140 cm³/mol. The minimum Gasteiger partial charge on any atom is -0.385 e. The fourth-order valence-corrected chi connectivity index (χ4v) is 6.91. The lowest BCUT2D eigenvalue weighted by Gasteiger charge is -2.38. The third kappa shape index (κ3) is 4.52. The molecule has 2 N–H and O–H groups in total. The monoisotopic (exact) mass is 547 g/mol. The zero-order valence-corrected chi connectivity index (χ0v) is 22.7. The van der Waals surface area contributed by atoms with Crippen LogP contribution in [0.25, 0.3) is 0 Å². The second-order valence-electron chi connectivity index (χ2n) is 11.1. The van der Waals surface area contributed by atoms with Gasteiger partial charge in [0.15, 0.2) is 0 Å². The average molecular weight is 548 g/mol. The van der Waals surface area contributed by atoms with Crippen LogP contribution < -0.4 is 10.6 Å². The van der Waals surface area contributed by atoms with Gasteiger partial charge in [0.2, 0.25) is 17.7 Å². The molecule has 206 valence electrons. The molecule has 1 aromatic carbocycles. The van der Waals surface area contributed by atoms with Crippen molar-refractivity contribution in [1.82, 2.24) is 10.2 Å². The summed E-state index contributed by atoms with van der Waals surface area (Å²) in [5, 5.41) is 5.88. The molecule has 1 aromatic rings. The summed E-state index contributed by atoms with van der Waals surface area (Å²) >= 11 is 5.89. The van der Waals surface area contributed by atoms with Crippen molar-refractivity contribution in [1.29, 1.82) is 0 Å². The molecular weight excluding hydrogens is 513 g/mol. The number of nitrogens with zero attached hydrogens (tertiary/aromatic N) is 1. The molecule has 3 fully saturated rings. The Kier molecular flexibility index (Phi) is 7.55.